The van der Waals surface area contributed by atoms with Crippen molar-refractivity contribution in [2.24, 2.45) is 22.7 Å². The van der Waals surface area contributed by atoms with E-state index in [1.807, 2.05) is 30.3 Å². The Hall–Kier alpha value is -3.98. The number of carbonyl (C=O) groups excluding carboxylic acids is 4. The first kappa shape index (κ1) is 32.9. The summed E-state index contributed by atoms with van der Waals surface area (Å²) in [5, 5.41) is 0. The molecular weight excluding hydrogens is 564 g/mol. The van der Waals surface area contributed by atoms with Gasteiger partial charge in [0.25, 0.3) is 0 Å². The number of hydrogen-bond donors (Lipinski definition) is 0. The van der Waals surface area contributed by atoms with Crippen LogP contribution in [0.15, 0.2) is 72.9 Å². The first-order valence-electron chi connectivity index (χ1n) is 14.9. The Morgan fingerprint density at radius 1 is 0.977 bits per heavy atom. The highest BCUT2D eigenvalue weighted by atomic mass is 16.8. The summed E-state index contributed by atoms with van der Waals surface area (Å²) in [6.45, 7) is 16.1. The summed E-state index contributed by atoms with van der Waals surface area (Å²) < 4.78 is 29.7. The molecule has 1 aliphatic heterocycles. The molecule has 1 aromatic rings. The lowest BCUT2D eigenvalue weighted by Crippen LogP contribution is -2.64. The molecule has 1 spiro atoms. The fraction of sp³-hybridized carbons (Fsp3) is 0.486. The van der Waals surface area contributed by atoms with Gasteiger partial charge in [0.2, 0.25) is 12.6 Å². The molecule has 9 nitrogen and oxygen atoms in total. The molecule has 0 N–H and O–H groups in total. The standard InChI is InChI=1S/C35H42O9/c1-8-21(2)16-17-34(7)22(3)18-30(43-31(39)15-14-26-12-10-9-11-13-26)35-28(19-27(20-29(34)35)40-23(4)36)32(41-24(5)37)44-33(35)42-25(6)38/h8-15,19,22,27,29-30,32-33H,1-2,16-18,20H2,3-7H3/b15-14+/t22-,27+,29+,30+,32+,33+,34-,35-/m0/s1. The van der Waals surface area contributed by atoms with Crippen LogP contribution in [0.1, 0.15) is 65.9 Å². The number of benzene rings is 1. The summed E-state index contributed by atoms with van der Waals surface area (Å²) in [5.74, 6) is -2.69. The van der Waals surface area contributed by atoms with Crippen LogP contribution in [0.4, 0.5) is 0 Å². The molecule has 236 valence electrons. The van der Waals surface area contributed by atoms with E-state index in [2.05, 4.69) is 27.0 Å². The molecule has 8 atom stereocenters. The highest BCUT2D eigenvalue weighted by Crippen LogP contribution is 2.68. The van der Waals surface area contributed by atoms with Crippen LogP contribution in [0, 0.1) is 22.7 Å². The van der Waals surface area contributed by atoms with Gasteiger partial charge in [-0.05, 0) is 60.6 Å². The Morgan fingerprint density at radius 2 is 1.64 bits per heavy atom. The van der Waals surface area contributed by atoms with Crippen molar-refractivity contribution in [3.8, 4) is 0 Å². The van der Waals surface area contributed by atoms with Crippen LogP contribution >= 0.6 is 0 Å². The number of rotatable bonds is 10. The van der Waals surface area contributed by atoms with E-state index in [4.69, 9.17) is 23.7 Å². The molecule has 9 heteroatoms. The highest BCUT2D eigenvalue weighted by molar-refractivity contribution is 5.87. The number of allylic oxidation sites excluding steroid dienone is 2. The monoisotopic (exact) mass is 606 g/mol. The molecule has 1 aromatic carbocycles. The summed E-state index contributed by atoms with van der Waals surface area (Å²) in [4.78, 5) is 50.3. The first-order valence-corrected chi connectivity index (χ1v) is 14.9. The van der Waals surface area contributed by atoms with Gasteiger partial charge in [-0.15, -0.1) is 0 Å². The fourth-order valence-electron chi connectivity index (χ4n) is 7.25. The van der Waals surface area contributed by atoms with Crippen LogP contribution in [0.25, 0.3) is 6.08 Å². The molecule has 44 heavy (non-hydrogen) atoms. The van der Waals surface area contributed by atoms with Gasteiger partial charge in [-0.3, -0.25) is 19.1 Å². The number of hydrogen-bond acceptors (Lipinski definition) is 9. The zero-order valence-corrected chi connectivity index (χ0v) is 26.1. The van der Waals surface area contributed by atoms with Crippen molar-refractivity contribution in [2.75, 3.05) is 0 Å². The Labute approximate surface area is 258 Å². The summed E-state index contributed by atoms with van der Waals surface area (Å²) in [5.41, 5.74) is 0.431. The van der Waals surface area contributed by atoms with Crippen molar-refractivity contribution >= 4 is 30.0 Å². The molecule has 2 fully saturated rings. The van der Waals surface area contributed by atoms with E-state index in [1.54, 1.807) is 18.2 Å². The van der Waals surface area contributed by atoms with Gasteiger partial charge in [-0.25, -0.2) is 4.79 Å². The van der Waals surface area contributed by atoms with Crippen LogP contribution < -0.4 is 0 Å². The molecule has 0 unspecified atom stereocenters. The van der Waals surface area contributed by atoms with E-state index in [0.717, 1.165) is 11.1 Å². The average Bonchev–Trinajstić information content (AvgIpc) is 3.25. The topological polar surface area (TPSA) is 114 Å². The minimum Gasteiger partial charge on any atom is -0.458 e. The molecule has 4 rings (SSSR count). The zero-order valence-electron chi connectivity index (χ0n) is 26.1. The van der Waals surface area contributed by atoms with Gasteiger partial charge in [-0.1, -0.05) is 69.0 Å². The molecule has 0 radical (unpaired) electrons. The van der Waals surface area contributed by atoms with E-state index < -0.39 is 65.4 Å². The minimum absolute atomic E-state index is 0.00488. The fourth-order valence-corrected chi connectivity index (χ4v) is 7.25. The van der Waals surface area contributed by atoms with Gasteiger partial charge in [0.15, 0.2) is 0 Å². The molecule has 1 heterocycles. The third kappa shape index (κ3) is 6.58. The molecule has 1 saturated carbocycles. The SMILES string of the molecule is C=CC(=C)CC[C@]1(C)[C@H]2C[C@H](OC(C)=O)C=C3[C@H](OC(C)=O)O[C@@H](OC(C)=O)[C@@]32[C@H](OC(=O)/C=C/c2ccccc2)C[C@@H]1C. The maximum atomic E-state index is 13.4. The zero-order chi connectivity index (χ0) is 32.2. The van der Waals surface area contributed by atoms with Crippen molar-refractivity contribution in [1.82, 2.24) is 0 Å². The average molecular weight is 607 g/mol. The molecule has 1 saturated heterocycles. The third-order valence-corrected chi connectivity index (χ3v) is 9.43. The summed E-state index contributed by atoms with van der Waals surface area (Å²) in [7, 11) is 0. The smallest absolute Gasteiger partial charge is 0.331 e. The summed E-state index contributed by atoms with van der Waals surface area (Å²) in [6, 6.07) is 9.35. The van der Waals surface area contributed by atoms with Gasteiger partial charge < -0.3 is 18.9 Å². The lowest BCUT2D eigenvalue weighted by atomic mass is 9.45. The van der Waals surface area contributed by atoms with Gasteiger partial charge in [-0.2, -0.15) is 0 Å². The number of carbonyl (C=O) groups is 4. The van der Waals surface area contributed by atoms with Gasteiger partial charge >= 0.3 is 23.9 Å². The van der Waals surface area contributed by atoms with Gasteiger partial charge in [0, 0.05) is 32.4 Å². The lowest BCUT2D eigenvalue weighted by Gasteiger charge is -2.61. The van der Waals surface area contributed by atoms with E-state index in [9.17, 15) is 19.2 Å². The Balaban J connectivity index is 1.88. The first-order chi connectivity index (χ1) is 20.8. The van der Waals surface area contributed by atoms with E-state index in [-0.39, 0.29) is 5.92 Å². The maximum Gasteiger partial charge on any atom is 0.331 e. The van der Waals surface area contributed by atoms with Crippen LogP contribution in [0.2, 0.25) is 0 Å². The van der Waals surface area contributed by atoms with Crippen LogP contribution in [-0.4, -0.2) is 48.7 Å². The lowest BCUT2D eigenvalue weighted by molar-refractivity contribution is -0.257. The number of esters is 4. The largest absolute Gasteiger partial charge is 0.458 e. The minimum atomic E-state index is -1.25. The van der Waals surface area contributed by atoms with Crippen molar-refractivity contribution in [2.45, 2.75) is 85.1 Å². The molecular formula is C35H42O9. The third-order valence-electron chi connectivity index (χ3n) is 9.43. The second-order valence-electron chi connectivity index (χ2n) is 12.2. The second-order valence-corrected chi connectivity index (χ2v) is 12.2. The highest BCUT2D eigenvalue weighted by Gasteiger charge is 2.72. The molecule has 0 amide bonds. The second kappa shape index (κ2) is 13.3. The van der Waals surface area contributed by atoms with Crippen LogP contribution in [0.3, 0.4) is 0 Å². The predicted octanol–water partition coefficient (Wildman–Crippen LogP) is 5.85. The Bertz CT molecular complexity index is 1360. The van der Waals surface area contributed by atoms with Gasteiger partial charge in [0.05, 0.1) is 0 Å². The summed E-state index contributed by atoms with van der Waals surface area (Å²) in [6.07, 6.45) is 4.51. The normalized spacial score (nSPS) is 32.4. The Morgan fingerprint density at radius 3 is 2.25 bits per heavy atom. The summed E-state index contributed by atoms with van der Waals surface area (Å²) >= 11 is 0. The van der Waals surface area contributed by atoms with Crippen molar-refractivity contribution in [1.29, 1.82) is 0 Å². The van der Waals surface area contributed by atoms with Gasteiger partial charge in [0.1, 0.15) is 17.6 Å². The predicted molar refractivity (Wildman–Crippen MR) is 162 cm³/mol. The van der Waals surface area contributed by atoms with E-state index in [0.29, 0.717) is 31.3 Å². The maximum absolute atomic E-state index is 13.4. The molecule has 3 aliphatic rings. The quantitative estimate of drug-likeness (QED) is 0.106. The van der Waals surface area contributed by atoms with Crippen molar-refractivity contribution < 1.29 is 42.9 Å². The number of ether oxygens (including phenoxy) is 5. The molecule has 2 aliphatic carbocycles. The molecule has 0 aromatic heterocycles. The van der Waals surface area contributed by atoms with Crippen molar-refractivity contribution in [3.05, 3.63) is 78.4 Å². The van der Waals surface area contributed by atoms with Crippen LogP contribution in [0.5, 0.6) is 0 Å². The molecule has 0 bridgehead atoms. The van der Waals surface area contributed by atoms with Crippen LogP contribution in [-0.2, 0) is 42.9 Å². The Kier molecular flexibility index (Phi) is 9.98. The van der Waals surface area contributed by atoms with Crippen molar-refractivity contribution in [3.63, 3.8) is 0 Å². The van der Waals surface area contributed by atoms with E-state index in [1.165, 1.54) is 26.8 Å². The van der Waals surface area contributed by atoms with E-state index >= 15 is 0 Å².